The lowest BCUT2D eigenvalue weighted by atomic mass is 10.1. The molecule has 2 aromatic carbocycles. The zero-order valence-corrected chi connectivity index (χ0v) is 19.3. The fourth-order valence-corrected chi connectivity index (χ4v) is 4.28. The number of rotatable bonds is 6. The van der Waals surface area contributed by atoms with Crippen LogP contribution in [0.1, 0.15) is 12.5 Å². The van der Waals surface area contributed by atoms with Crippen LogP contribution in [-0.4, -0.2) is 44.1 Å². The normalized spacial score (nSPS) is 14.8. The molecule has 0 unspecified atom stereocenters. The quantitative estimate of drug-likeness (QED) is 0.537. The molecule has 1 amide bonds. The molecule has 0 N–H and O–H groups in total. The highest BCUT2D eigenvalue weighted by Gasteiger charge is 2.31. The monoisotopic (exact) mass is 448 g/mol. The van der Waals surface area contributed by atoms with E-state index in [1.54, 1.807) is 30.8 Å². The minimum Gasteiger partial charge on any atom is -0.497 e. The maximum absolute atomic E-state index is 13.0. The predicted molar refractivity (Wildman–Crippen MR) is 128 cm³/mol. The van der Waals surface area contributed by atoms with Crippen molar-refractivity contribution < 1.29 is 14.3 Å². The summed E-state index contributed by atoms with van der Waals surface area (Å²) in [6.07, 6.45) is 0. The summed E-state index contributed by atoms with van der Waals surface area (Å²) >= 11 is 1.44. The van der Waals surface area contributed by atoms with Gasteiger partial charge in [-0.3, -0.25) is 9.79 Å². The molecular formula is C24H24N4O3S. The van der Waals surface area contributed by atoms with Gasteiger partial charge in [0.25, 0.3) is 5.91 Å². The van der Waals surface area contributed by atoms with Crippen molar-refractivity contribution in [2.24, 2.45) is 10.1 Å². The Morgan fingerprint density at radius 3 is 2.62 bits per heavy atom. The summed E-state index contributed by atoms with van der Waals surface area (Å²) < 4.78 is 12.7. The number of likely N-dealkylation sites (N-methyl/N-ethyl adjacent to an activating group) is 1. The number of hydrogen-bond donors (Lipinski definition) is 0. The van der Waals surface area contributed by atoms with E-state index in [1.807, 2.05) is 54.8 Å². The Balaban J connectivity index is 1.97. The smallest absolute Gasteiger partial charge is 0.279 e. The van der Waals surface area contributed by atoms with Gasteiger partial charge < -0.3 is 14.4 Å². The maximum Gasteiger partial charge on any atom is 0.279 e. The number of thiazole rings is 1. The second kappa shape index (κ2) is 8.84. The van der Waals surface area contributed by atoms with Crippen molar-refractivity contribution in [3.05, 3.63) is 70.4 Å². The molecule has 0 radical (unpaired) electrons. The molecule has 0 spiro atoms. The third-order valence-electron chi connectivity index (χ3n) is 5.08. The lowest BCUT2D eigenvalue weighted by Crippen LogP contribution is -2.27. The third kappa shape index (κ3) is 3.85. The van der Waals surface area contributed by atoms with E-state index in [2.05, 4.69) is 11.6 Å². The Morgan fingerprint density at radius 2 is 1.91 bits per heavy atom. The highest BCUT2D eigenvalue weighted by Crippen LogP contribution is 2.34. The van der Waals surface area contributed by atoms with Gasteiger partial charge in [0.2, 0.25) is 4.80 Å². The second-order valence-electron chi connectivity index (χ2n) is 7.38. The zero-order chi connectivity index (χ0) is 22.8. The summed E-state index contributed by atoms with van der Waals surface area (Å²) in [7, 11) is 4.98. The average Bonchev–Trinajstić information content (AvgIpc) is 3.31. The van der Waals surface area contributed by atoms with Crippen LogP contribution in [0.15, 0.2) is 70.1 Å². The minimum atomic E-state index is -0.167. The van der Waals surface area contributed by atoms with E-state index >= 15 is 0 Å². The number of nitrogens with zero attached hydrogens (tertiary/aromatic N) is 4. The van der Waals surface area contributed by atoms with Crippen molar-refractivity contribution in [3.63, 3.8) is 0 Å². The summed E-state index contributed by atoms with van der Waals surface area (Å²) in [6.45, 7) is 6.32. The Hall–Kier alpha value is -3.65. The molecule has 8 heteroatoms. The molecule has 0 bridgehead atoms. The van der Waals surface area contributed by atoms with Gasteiger partial charge in [0.15, 0.2) is 5.71 Å². The highest BCUT2D eigenvalue weighted by molar-refractivity contribution is 7.07. The van der Waals surface area contributed by atoms with Crippen LogP contribution in [0, 0.1) is 0 Å². The molecule has 32 heavy (non-hydrogen) atoms. The van der Waals surface area contributed by atoms with Crippen LogP contribution in [0.25, 0.3) is 11.3 Å². The van der Waals surface area contributed by atoms with Gasteiger partial charge in [-0.05, 0) is 31.2 Å². The molecule has 3 aromatic rings. The summed E-state index contributed by atoms with van der Waals surface area (Å²) in [5.41, 5.74) is 4.44. The first-order valence-electron chi connectivity index (χ1n) is 9.98. The van der Waals surface area contributed by atoms with E-state index in [0.29, 0.717) is 28.6 Å². The molecule has 1 aromatic heterocycles. The number of benzene rings is 2. The topological polar surface area (TPSA) is 68.4 Å². The zero-order valence-electron chi connectivity index (χ0n) is 18.5. The number of fused-ring (bicyclic) bond motifs is 1. The predicted octanol–water partition coefficient (Wildman–Crippen LogP) is 3.94. The van der Waals surface area contributed by atoms with Gasteiger partial charge >= 0.3 is 0 Å². The fraction of sp³-hybridized carbons (Fsp3) is 0.208. The summed E-state index contributed by atoms with van der Waals surface area (Å²) in [4.78, 5) is 20.0. The van der Waals surface area contributed by atoms with Crippen LogP contribution in [0.2, 0.25) is 0 Å². The average molecular weight is 449 g/mol. The van der Waals surface area contributed by atoms with E-state index in [4.69, 9.17) is 14.6 Å². The SMILES string of the molecule is C=C(C)CN=c1scc(-c2cc(OC)ccc2OC)n1N=C1C(=O)N(C)c2ccccc21. The molecule has 1 aliphatic rings. The number of carbonyl (C=O) groups is 1. The highest BCUT2D eigenvalue weighted by atomic mass is 32.1. The molecule has 0 atom stereocenters. The molecule has 0 aliphatic carbocycles. The molecule has 2 heterocycles. The lowest BCUT2D eigenvalue weighted by Gasteiger charge is -2.11. The first-order valence-corrected chi connectivity index (χ1v) is 10.9. The fourth-order valence-electron chi connectivity index (χ4n) is 3.45. The minimum absolute atomic E-state index is 0.167. The first-order chi connectivity index (χ1) is 15.4. The molecule has 7 nitrogen and oxygen atoms in total. The van der Waals surface area contributed by atoms with Crippen LogP contribution in [0.5, 0.6) is 11.5 Å². The van der Waals surface area contributed by atoms with Crippen molar-refractivity contribution >= 4 is 28.6 Å². The Bertz CT molecular complexity index is 1300. The largest absolute Gasteiger partial charge is 0.497 e. The van der Waals surface area contributed by atoms with E-state index in [1.165, 1.54) is 11.3 Å². The number of anilines is 1. The van der Waals surface area contributed by atoms with Crippen molar-refractivity contribution in [1.82, 2.24) is 4.68 Å². The van der Waals surface area contributed by atoms with Crippen molar-refractivity contribution in [2.75, 3.05) is 32.7 Å². The lowest BCUT2D eigenvalue weighted by molar-refractivity contribution is -0.112. The van der Waals surface area contributed by atoms with Gasteiger partial charge in [0, 0.05) is 23.6 Å². The molecule has 4 rings (SSSR count). The number of ether oxygens (including phenoxy) is 2. The number of methoxy groups -OCH3 is 2. The molecule has 0 fully saturated rings. The van der Waals surface area contributed by atoms with Crippen molar-refractivity contribution in [2.45, 2.75) is 6.92 Å². The third-order valence-corrected chi connectivity index (χ3v) is 5.93. The summed E-state index contributed by atoms with van der Waals surface area (Å²) in [5, 5.41) is 6.76. The first kappa shape index (κ1) is 21.6. The molecule has 0 saturated heterocycles. The number of carbonyl (C=O) groups excluding carboxylic acids is 1. The van der Waals surface area contributed by atoms with Crippen LogP contribution in [0.3, 0.4) is 0 Å². The van der Waals surface area contributed by atoms with Crippen molar-refractivity contribution in [1.29, 1.82) is 0 Å². The summed E-state index contributed by atoms with van der Waals surface area (Å²) in [6, 6.07) is 13.2. The van der Waals surface area contributed by atoms with Crippen LogP contribution >= 0.6 is 11.3 Å². The number of hydrogen-bond acceptors (Lipinski definition) is 6. The second-order valence-corrected chi connectivity index (χ2v) is 8.22. The van der Waals surface area contributed by atoms with Crippen molar-refractivity contribution in [3.8, 4) is 22.8 Å². The Morgan fingerprint density at radius 1 is 1.12 bits per heavy atom. The number of para-hydroxylation sites is 1. The standard InChI is InChI=1S/C24H24N4O3S/c1-15(2)13-25-24-28(26-22-17-8-6-7-9-19(17)27(3)23(22)29)20(14-32-24)18-12-16(30-4)10-11-21(18)31-5/h6-12,14H,1,13H2,2-5H3. The van der Waals surface area contributed by atoms with Crippen LogP contribution < -0.4 is 19.2 Å². The van der Waals surface area contributed by atoms with Gasteiger partial charge in [0.05, 0.1) is 32.1 Å². The molecule has 1 aliphatic heterocycles. The van der Waals surface area contributed by atoms with Crippen LogP contribution in [-0.2, 0) is 4.79 Å². The van der Waals surface area contributed by atoms with Gasteiger partial charge in [-0.2, -0.15) is 5.10 Å². The van der Waals surface area contributed by atoms with Gasteiger partial charge in [-0.25, -0.2) is 4.68 Å². The summed E-state index contributed by atoms with van der Waals surface area (Å²) in [5.74, 6) is 1.19. The van der Waals surface area contributed by atoms with Gasteiger partial charge in [-0.1, -0.05) is 30.4 Å². The molecular weight excluding hydrogens is 424 g/mol. The Labute approximate surface area is 190 Å². The van der Waals surface area contributed by atoms with Crippen LogP contribution in [0.4, 0.5) is 5.69 Å². The van der Waals surface area contributed by atoms with E-state index in [-0.39, 0.29) is 5.91 Å². The Kier molecular flexibility index (Phi) is 5.96. The maximum atomic E-state index is 13.0. The van der Waals surface area contributed by atoms with Gasteiger partial charge in [0.1, 0.15) is 11.5 Å². The number of amides is 1. The molecule has 164 valence electrons. The van der Waals surface area contributed by atoms with E-state index in [9.17, 15) is 4.79 Å². The van der Waals surface area contributed by atoms with Gasteiger partial charge in [-0.15, -0.1) is 11.3 Å². The number of aromatic nitrogens is 1. The van der Waals surface area contributed by atoms with E-state index < -0.39 is 0 Å². The molecule has 0 saturated carbocycles. The van der Waals surface area contributed by atoms with E-state index in [0.717, 1.165) is 28.1 Å².